The van der Waals surface area contributed by atoms with Gasteiger partial charge in [0.15, 0.2) is 0 Å². The molecule has 0 aliphatic heterocycles. The molecule has 1 aromatic rings. The van der Waals surface area contributed by atoms with Crippen LogP contribution in [0.15, 0.2) is 24.3 Å². The summed E-state index contributed by atoms with van der Waals surface area (Å²) < 4.78 is 5.44. The van der Waals surface area contributed by atoms with Gasteiger partial charge in [-0.2, -0.15) is 0 Å². The van der Waals surface area contributed by atoms with Crippen molar-refractivity contribution in [2.45, 2.75) is 46.7 Å². The van der Waals surface area contributed by atoms with Crippen LogP contribution in [-0.4, -0.2) is 18.7 Å². The molecular formula is C14H23NO. The van der Waals surface area contributed by atoms with E-state index >= 15 is 0 Å². The standard InChI is InChI=1S/C14H23NO/c1-6-16-14-9-7-13(8-10-14)15(11(2)3)12(4)5/h7-12H,6H2,1-5H3. The largest absolute Gasteiger partial charge is 0.494 e. The highest BCUT2D eigenvalue weighted by atomic mass is 16.5. The molecule has 2 nitrogen and oxygen atoms in total. The maximum Gasteiger partial charge on any atom is 0.119 e. The highest BCUT2D eigenvalue weighted by molar-refractivity contribution is 5.50. The van der Waals surface area contributed by atoms with Gasteiger partial charge in [0.05, 0.1) is 6.61 Å². The first kappa shape index (κ1) is 12.9. The lowest BCUT2D eigenvalue weighted by Crippen LogP contribution is -2.36. The summed E-state index contributed by atoms with van der Waals surface area (Å²) in [5.41, 5.74) is 1.26. The number of anilines is 1. The van der Waals surface area contributed by atoms with E-state index in [1.807, 2.05) is 19.1 Å². The van der Waals surface area contributed by atoms with Crippen molar-refractivity contribution in [3.63, 3.8) is 0 Å². The van der Waals surface area contributed by atoms with Gasteiger partial charge in [-0.3, -0.25) is 0 Å². The molecule has 0 heterocycles. The lowest BCUT2D eigenvalue weighted by atomic mass is 10.2. The molecule has 0 amide bonds. The van der Waals surface area contributed by atoms with Gasteiger partial charge in [0.2, 0.25) is 0 Å². The molecule has 2 heteroatoms. The first-order valence-electron chi connectivity index (χ1n) is 6.07. The summed E-state index contributed by atoms with van der Waals surface area (Å²) in [4.78, 5) is 2.40. The third-order valence-electron chi connectivity index (χ3n) is 2.56. The van der Waals surface area contributed by atoms with Gasteiger partial charge in [-0.05, 0) is 58.9 Å². The second-order valence-electron chi connectivity index (χ2n) is 4.52. The van der Waals surface area contributed by atoms with Gasteiger partial charge in [0, 0.05) is 17.8 Å². The fourth-order valence-electron chi connectivity index (χ4n) is 2.07. The molecule has 0 saturated heterocycles. The van der Waals surface area contributed by atoms with Crippen LogP contribution >= 0.6 is 0 Å². The van der Waals surface area contributed by atoms with Crippen LogP contribution in [-0.2, 0) is 0 Å². The number of rotatable bonds is 5. The van der Waals surface area contributed by atoms with Gasteiger partial charge in [0.25, 0.3) is 0 Å². The minimum atomic E-state index is 0.512. The Bertz CT molecular complexity index is 295. The Morgan fingerprint density at radius 3 is 1.88 bits per heavy atom. The summed E-state index contributed by atoms with van der Waals surface area (Å²) >= 11 is 0. The van der Waals surface area contributed by atoms with E-state index in [-0.39, 0.29) is 0 Å². The highest BCUT2D eigenvalue weighted by Gasteiger charge is 2.13. The van der Waals surface area contributed by atoms with Crippen LogP contribution in [0.25, 0.3) is 0 Å². The summed E-state index contributed by atoms with van der Waals surface area (Å²) in [6.45, 7) is 11.6. The molecule has 1 rings (SSSR count). The van der Waals surface area contributed by atoms with Gasteiger partial charge in [0.1, 0.15) is 5.75 Å². The molecule has 0 aromatic heterocycles. The second kappa shape index (κ2) is 5.78. The molecule has 0 aliphatic rings. The molecule has 0 atom stereocenters. The van der Waals surface area contributed by atoms with Gasteiger partial charge < -0.3 is 9.64 Å². The summed E-state index contributed by atoms with van der Waals surface area (Å²) in [5, 5.41) is 0. The lowest BCUT2D eigenvalue weighted by molar-refractivity contribution is 0.340. The fourth-order valence-corrected chi connectivity index (χ4v) is 2.07. The molecule has 0 saturated carbocycles. The predicted molar refractivity (Wildman–Crippen MR) is 70.4 cm³/mol. The van der Waals surface area contributed by atoms with Gasteiger partial charge in [-0.15, -0.1) is 0 Å². The Labute approximate surface area is 99.2 Å². The van der Waals surface area contributed by atoms with Gasteiger partial charge in [-0.25, -0.2) is 0 Å². The fraction of sp³-hybridized carbons (Fsp3) is 0.571. The Morgan fingerprint density at radius 2 is 1.50 bits per heavy atom. The quantitative estimate of drug-likeness (QED) is 0.751. The molecule has 0 N–H and O–H groups in total. The van der Waals surface area contributed by atoms with E-state index in [1.165, 1.54) is 5.69 Å². The third-order valence-corrected chi connectivity index (χ3v) is 2.56. The molecule has 1 aromatic carbocycles. The zero-order valence-corrected chi connectivity index (χ0v) is 11.0. The van der Waals surface area contributed by atoms with Crippen molar-refractivity contribution in [1.82, 2.24) is 0 Å². The summed E-state index contributed by atoms with van der Waals surface area (Å²) in [6, 6.07) is 9.36. The zero-order chi connectivity index (χ0) is 12.1. The van der Waals surface area contributed by atoms with Crippen LogP contribution in [0.2, 0.25) is 0 Å². The van der Waals surface area contributed by atoms with Crippen LogP contribution in [0.4, 0.5) is 5.69 Å². The highest BCUT2D eigenvalue weighted by Crippen LogP contribution is 2.23. The average molecular weight is 221 g/mol. The Balaban J connectivity index is 2.85. The zero-order valence-electron chi connectivity index (χ0n) is 11.0. The van der Waals surface area contributed by atoms with E-state index < -0.39 is 0 Å². The summed E-state index contributed by atoms with van der Waals surface area (Å²) in [7, 11) is 0. The molecule has 0 bridgehead atoms. The molecule has 0 fully saturated rings. The van der Waals surface area contributed by atoms with Crippen molar-refractivity contribution in [3.8, 4) is 5.75 Å². The number of nitrogens with zero attached hydrogens (tertiary/aromatic N) is 1. The van der Waals surface area contributed by atoms with Crippen molar-refractivity contribution in [2.24, 2.45) is 0 Å². The monoisotopic (exact) mass is 221 g/mol. The Hall–Kier alpha value is -1.18. The van der Waals surface area contributed by atoms with Crippen LogP contribution in [0.3, 0.4) is 0 Å². The molecule has 0 unspecified atom stereocenters. The van der Waals surface area contributed by atoms with Crippen molar-refractivity contribution in [2.75, 3.05) is 11.5 Å². The summed E-state index contributed by atoms with van der Waals surface area (Å²) in [5.74, 6) is 0.943. The van der Waals surface area contributed by atoms with Crippen molar-refractivity contribution in [1.29, 1.82) is 0 Å². The number of hydrogen-bond donors (Lipinski definition) is 0. The molecule has 16 heavy (non-hydrogen) atoms. The smallest absolute Gasteiger partial charge is 0.119 e. The Morgan fingerprint density at radius 1 is 1.00 bits per heavy atom. The molecule has 90 valence electrons. The van der Waals surface area contributed by atoms with Crippen molar-refractivity contribution in [3.05, 3.63) is 24.3 Å². The molecule has 0 spiro atoms. The van der Waals surface area contributed by atoms with Crippen molar-refractivity contribution < 1.29 is 4.74 Å². The third kappa shape index (κ3) is 3.16. The first-order valence-corrected chi connectivity index (χ1v) is 6.07. The van der Waals surface area contributed by atoms with E-state index in [2.05, 4.69) is 44.7 Å². The van der Waals surface area contributed by atoms with E-state index in [9.17, 15) is 0 Å². The number of hydrogen-bond acceptors (Lipinski definition) is 2. The molecule has 0 aliphatic carbocycles. The maximum atomic E-state index is 5.44. The van der Waals surface area contributed by atoms with Crippen molar-refractivity contribution >= 4 is 5.69 Å². The van der Waals surface area contributed by atoms with Gasteiger partial charge in [-0.1, -0.05) is 0 Å². The minimum Gasteiger partial charge on any atom is -0.494 e. The van der Waals surface area contributed by atoms with E-state index in [4.69, 9.17) is 4.74 Å². The number of benzene rings is 1. The molecular weight excluding hydrogens is 198 g/mol. The maximum absolute atomic E-state index is 5.44. The lowest BCUT2D eigenvalue weighted by Gasteiger charge is -2.33. The predicted octanol–water partition coefficient (Wildman–Crippen LogP) is 3.71. The number of ether oxygens (including phenoxy) is 1. The van der Waals surface area contributed by atoms with E-state index in [0.717, 1.165) is 12.4 Å². The Kier molecular flexibility index (Phi) is 4.66. The van der Waals surface area contributed by atoms with Crippen LogP contribution in [0.1, 0.15) is 34.6 Å². The normalized spacial score (nSPS) is 10.9. The minimum absolute atomic E-state index is 0.512. The summed E-state index contributed by atoms with van der Waals surface area (Å²) in [6.07, 6.45) is 0. The topological polar surface area (TPSA) is 12.5 Å². The van der Waals surface area contributed by atoms with E-state index in [1.54, 1.807) is 0 Å². The molecule has 0 radical (unpaired) electrons. The average Bonchev–Trinajstić information content (AvgIpc) is 2.20. The van der Waals surface area contributed by atoms with Crippen LogP contribution < -0.4 is 9.64 Å². The van der Waals surface area contributed by atoms with E-state index in [0.29, 0.717) is 12.1 Å². The SMILES string of the molecule is CCOc1ccc(N(C(C)C)C(C)C)cc1. The first-order chi connectivity index (χ1) is 7.56. The van der Waals surface area contributed by atoms with Crippen LogP contribution in [0.5, 0.6) is 5.75 Å². The van der Waals surface area contributed by atoms with Gasteiger partial charge >= 0.3 is 0 Å². The second-order valence-corrected chi connectivity index (χ2v) is 4.52. The van der Waals surface area contributed by atoms with Crippen LogP contribution in [0, 0.1) is 0 Å².